The minimum absolute atomic E-state index is 0.0778. The lowest BCUT2D eigenvalue weighted by molar-refractivity contribution is 0.0173. The Morgan fingerprint density at radius 2 is 1.83 bits per heavy atom. The molecule has 0 unspecified atom stereocenters. The molecule has 0 bridgehead atoms. The molecule has 2 aromatic carbocycles. The second-order valence-corrected chi connectivity index (χ2v) is 9.95. The van der Waals surface area contributed by atoms with Gasteiger partial charge in [-0.15, -0.1) is 0 Å². The molecule has 2 N–H and O–H groups in total. The van der Waals surface area contributed by atoms with E-state index in [0.717, 1.165) is 18.4 Å². The van der Waals surface area contributed by atoms with Gasteiger partial charge in [0.15, 0.2) is 9.84 Å². The summed E-state index contributed by atoms with van der Waals surface area (Å²) in [5, 5.41) is 21.4. The number of hydrogen-bond acceptors (Lipinski definition) is 5. The van der Waals surface area contributed by atoms with Gasteiger partial charge in [-0.3, -0.25) is 0 Å². The van der Waals surface area contributed by atoms with Gasteiger partial charge in [-0.2, -0.15) is 0 Å². The third-order valence-electron chi connectivity index (χ3n) is 6.29. The van der Waals surface area contributed by atoms with E-state index in [1.165, 1.54) is 7.11 Å². The average Bonchev–Trinajstić information content (AvgIpc) is 2.78. The quantitative estimate of drug-likeness (QED) is 0.732. The van der Waals surface area contributed by atoms with Crippen LogP contribution in [-0.4, -0.2) is 37.6 Å². The van der Waals surface area contributed by atoms with Crippen molar-refractivity contribution in [1.82, 2.24) is 0 Å². The van der Waals surface area contributed by atoms with Gasteiger partial charge in [0.2, 0.25) is 0 Å². The van der Waals surface area contributed by atoms with Crippen LogP contribution in [0, 0.1) is 5.41 Å². The fourth-order valence-electron chi connectivity index (χ4n) is 4.53. The van der Waals surface area contributed by atoms with Crippen molar-refractivity contribution in [3.05, 3.63) is 53.6 Å². The predicted molar refractivity (Wildman–Crippen MR) is 113 cm³/mol. The van der Waals surface area contributed by atoms with Gasteiger partial charge in [-0.05, 0) is 54.3 Å². The van der Waals surface area contributed by atoms with E-state index in [0.29, 0.717) is 24.2 Å². The van der Waals surface area contributed by atoms with Crippen LogP contribution in [0.4, 0.5) is 0 Å². The number of benzene rings is 2. The Labute approximate surface area is 173 Å². The molecule has 0 saturated carbocycles. The van der Waals surface area contributed by atoms with E-state index in [1.807, 2.05) is 6.92 Å². The fraction of sp³-hybridized carbons (Fsp3) is 0.478. The van der Waals surface area contributed by atoms with E-state index >= 15 is 0 Å². The molecule has 6 heteroatoms. The summed E-state index contributed by atoms with van der Waals surface area (Å²) in [7, 11) is -2.06. The van der Waals surface area contributed by atoms with Crippen LogP contribution >= 0.6 is 0 Å². The number of phenols is 1. The molecule has 1 aliphatic heterocycles. The van der Waals surface area contributed by atoms with E-state index in [9.17, 15) is 18.6 Å². The summed E-state index contributed by atoms with van der Waals surface area (Å²) in [6.45, 7) is 4.02. The summed E-state index contributed by atoms with van der Waals surface area (Å²) < 4.78 is 32.2. The van der Waals surface area contributed by atoms with Crippen LogP contribution in [0.2, 0.25) is 0 Å². The summed E-state index contributed by atoms with van der Waals surface area (Å²) in [6, 6.07) is 11.6. The molecule has 158 valence electrons. The van der Waals surface area contributed by atoms with E-state index in [1.54, 1.807) is 42.5 Å². The molecule has 5 nitrogen and oxygen atoms in total. The Morgan fingerprint density at radius 1 is 1.14 bits per heavy atom. The Morgan fingerprint density at radius 3 is 2.41 bits per heavy atom. The van der Waals surface area contributed by atoms with Gasteiger partial charge in [0.05, 0.1) is 23.9 Å². The maximum atomic E-state index is 13.4. The summed E-state index contributed by atoms with van der Waals surface area (Å²) >= 11 is 0. The molecule has 0 aliphatic carbocycles. The number of unbranched alkanes of at least 4 members (excludes halogenated alkanes) is 1. The lowest BCUT2D eigenvalue weighted by Crippen LogP contribution is -2.42. The SMILES string of the molecule is CCCC[C@]1(CC)CS(=O)(=O)c2ccc(OC)cc2[C@@H](c2ccc(O)cc2)[C@H]1O. The van der Waals surface area contributed by atoms with Crippen LogP contribution in [0.15, 0.2) is 47.4 Å². The molecule has 0 radical (unpaired) electrons. The zero-order chi connectivity index (χ0) is 21.2. The Bertz CT molecular complexity index is 952. The van der Waals surface area contributed by atoms with Gasteiger partial charge >= 0.3 is 0 Å². The minimum Gasteiger partial charge on any atom is -0.508 e. The molecule has 1 aliphatic rings. The first-order valence-electron chi connectivity index (χ1n) is 10.2. The summed E-state index contributed by atoms with van der Waals surface area (Å²) in [5.41, 5.74) is 0.578. The van der Waals surface area contributed by atoms with Crippen LogP contribution in [0.25, 0.3) is 0 Å². The number of methoxy groups -OCH3 is 1. The molecule has 1 heterocycles. The van der Waals surface area contributed by atoms with Gasteiger partial charge in [-0.25, -0.2) is 8.42 Å². The highest BCUT2D eigenvalue weighted by Gasteiger charge is 2.48. The van der Waals surface area contributed by atoms with E-state index in [4.69, 9.17) is 4.74 Å². The van der Waals surface area contributed by atoms with Crippen LogP contribution in [-0.2, 0) is 9.84 Å². The molecular weight excluding hydrogens is 388 g/mol. The normalized spacial score (nSPS) is 25.8. The molecule has 3 atom stereocenters. The largest absolute Gasteiger partial charge is 0.508 e. The number of rotatable bonds is 6. The molecule has 0 fully saturated rings. The number of phenolic OH excluding ortho intramolecular Hbond substituents is 1. The molecule has 0 saturated heterocycles. The first kappa shape index (κ1) is 21.7. The number of hydrogen-bond donors (Lipinski definition) is 2. The summed E-state index contributed by atoms with van der Waals surface area (Å²) in [5.74, 6) is 0.0660. The zero-order valence-corrected chi connectivity index (χ0v) is 18.1. The van der Waals surface area contributed by atoms with Crippen LogP contribution < -0.4 is 4.74 Å². The monoisotopic (exact) mass is 418 g/mol. The van der Waals surface area contributed by atoms with Crippen LogP contribution in [0.3, 0.4) is 0 Å². The first-order valence-corrected chi connectivity index (χ1v) is 11.8. The lowest BCUT2D eigenvalue weighted by atomic mass is 9.69. The topological polar surface area (TPSA) is 83.8 Å². The number of ether oxygens (including phenoxy) is 1. The second-order valence-electron chi connectivity index (χ2n) is 8.00. The maximum Gasteiger partial charge on any atom is 0.179 e. The third kappa shape index (κ3) is 4.01. The van der Waals surface area contributed by atoms with E-state index in [-0.39, 0.29) is 16.4 Å². The van der Waals surface area contributed by atoms with Crippen molar-refractivity contribution >= 4 is 9.84 Å². The van der Waals surface area contributed by atoms with Crippen molar-refractivity contribution in [2.45, 2.75) is 56.4 Å². The second kappa shape index (κ2) is 8.36. The number of aliphatic hydroxyl groups is 1. The number of aliphatic hydroxyl groups excluding tert-OH is 1. The number of aromatic hydroxyl groups is 1. The van der Waals surface area contributed by atoms with Gasteiger partial charge in [0.1, 0.15) is 11.5 Å². The Hall–Kier alpha value is -2.05. The van der Waals surface area contributed by atoms with Crippen molar-refractivity contribution < 1.29 is 23.4 Å². The standard InChI is InChI=1S/C23H30O5S/c1-4-6-13-23(5-2)15-29(26,27)20-12-11-18(28-3)14-19(20)21(22(23)25)16-7-9-17(24)10-8-16/h7-12,14,21-22,24-25H,4-6,13,15H2,1-3H3/t21-,22-,23-/m1/s1. The molecule has 29 heavy (non-hydrogen) atoms. The smallest absolute Gasteiger partial charge is 0.179 e. The molecule has 0 spiro atoms. The van der Waals surface area contributed by atoms with Crippen molar-refractivity contribution in [2.24, 2.45) is 5.41 Å². The van der Waals surface area contributed by atoms with Crippen molar-refractivity contribution in [3.63, 3.8) is 0 Å². The van der Waals surface area contributed by atoms with Crippen molar-refractivity contribution in [1.29, 1.82) is 0 Å². The minimum atomic E-state index is -3.60. The van der Waals surface area contributed by atoms with Crippen LogP contribution in [0.1, 0.15) is 56.6 Å². The van der Waals surface area contributed by atoms with Gasteiger partial charge in [-0.1, -0.05) is 38.8 Å². The van der Waals surface area contributed by atoms with Crippen molar-refractivity contribution in [3.8, 4) is 11.5 Å². The third-order valence-corrected chi connectivity index (χ3v) is 8.29. The average molecular weight is 419 g/mol. The van der Waals surface area contributed by atoms with E-state index < -0.39 is 27.3 Å². The predicted octanol–water partition coefficient (Wildman–Crippen LogP) is 4.27. The van der Waals surface area contributed by atoms with Gasteiger partial charge < -0.3 is 14.9 Å². The molecule has 0 aromatic heterocycles. The maximum absolute atomic E-state index is 13.4. The van der Waals surface area contributed by atoms with Crippen molar-refractivity contribution in [2.75, 3.05) is 12.9 Å². The zero-order valence-electron chi connectivity index (χ0n) is 17.3. The van der Waals surface area contributed by atoms with Gasteiger partial charge in [0.25, 0.3) is 0 Å². The fourth-order valence-corrected chi connectivity index (χ4v) is 6.78. The molecule has 2 aromatic rings. The Kier molecular flexibility index (Phi) is 6.24. The first-order chi connectivity index (χ1) is 13.8. The molecular formula is C23H30O5S. The highest BCUT2D eigenvalue weighted by Crippen LogP contribution is 2.49. The highest BCUT2D eigenvalue weighted by atomic mass is 32.2. The molecule has 0 amide bonds. The van der Waals surface area contributed by atoms with Crippen LogP contribution in [0.5, 0.6) is 11.5 Å². The number of fused-ring (bicyclic) bond motifs is 1. The lowest BCUT2D eigenvalue weighted by Gasteiger charge is -2.39. The molecule has 3 rings (SSSR count). The van der Waals surface area contributed by atoms with Gasteiger partial charge in [0, 0.05) is 11.3 Å². The summed E-state index contributed by atoms with van der Waals surface area (Å²) in [4.78, 5) is 0.252. The number of sulfone groups is 1. The highest BCUT2D eigenvalue weighted by molar-refractivity contribution is 7.91. The van der Waals surface area contributed by atoms with E-state index in [2.05, 4.69) is 6.92 Å². The summed E-state index contributed by atoms with van der Waals surface area (Å²) in [6.07, 6.45) is 2.10. The Balaban J connectivity index is 2.29.